The van der Waals surface area contributed by atoms with E-state index in [2.05, 4.69) is 25.1 Å². The molecule has 36 heavy (non-hydrogen) atoms. The van der Waals surface area contributed by atoms with E-state index in [4.69, 9.17) is 20.2 Å². The van der Waals surface area contributed by atoms with Crippen molar-refractivity contribution in [1.29, 1.82) is 0 Å². The third-order valence-corrected chi connectivity index (χ3v) is 6.07. The zero-order chi connectivity index (χ0) is 24.9. The third-order valence-electron chi connectivity index (χ3n) is 6.07. The number of para-hydroxylation sites is 1. The molecule has 1 saturated heterocycles. The minimum absolute atomic E-state index is 0.422. The van der Waals surface area contributed by atoms with Gasteiger partial charge in [-0.15, -0.1) is 0 Å². The summed E-state index contributed by atoms with van der Waals surface area (Å²) in [5, 5.41) is 4.07. The molecule has 186 valence electrons. The van der Waals surface area contributed by atoms with Gasteiger partial charge in [0.15, 0.2) is 0 Å². The number of nitrogens with one attached hydrogen (secondary N) is 1. The summed E-state index contributed by atoms with van der Waals surface area (Å²) in [5.41, 5.74) is 9.92. The minimum Gasteiger partial charge on any atom is -0.492 e. The van der Waals surface area contributed by atoms with Crippen LogP contribution in [-0.2, 0) is 4.74 Å². The van der Waals surface area contributed by atoms with E-state index in [0.29, 0.717) is 18.4 Å². The maximum atomic E-state index is 6.33. The van der Waals surface area contributed by atoms with Crippen LogP contribution < -0.4 is 20.7 Å². The SMILES string of the molecule is CN(C)CCOc1ccc(-c2cccc3c(N)nc(Nc4ccc(N5CCOCC5)nc4)nc23)cc1. The lowest BCUT2D eigenvalue weighted by atomic mass is 10.0. The standard InChI is InChI=1S/C27H31N7O2/c1-33(2)12-17-36-21-9-6-19(7-10-21)22-4-3-5-23-25(22)31-27(32-26(23)28)30-20-8-11-24(29-18-20)34-13-15-35-16-14-34/h3-11,18H,12-17H2,1-2H3,(H3,28,30,31,32). The number of fused-ring (bicyclic) bond motifs is 1. The van der Waals surface area contributed by atoms with Gasteiger partial charge in [-0.2, -0.15) is 4.98 Å². The molecule has 0 atom stereocenters. The van der Waals surface area contributed by atoms with Crippen LogP contribution in [0.3, 0.4) is 0 Å². The summed E-state index contributed by atoms with van der Waals surface area (Å²) >= 11 is 0. The molecule has 0 spiro atoms. The number of aromatic nitrogens is 3. The van der Waals surface area contributed by atoms with Crippen LogP contribution in [0.4, 0.5) is 23.3 Å². The Morgan fingerprint density at radius 1 is 1.03 bits per heavy atom. The predicted octanol–water partition coefficient (Wildman–Crippen LogP) is 3.79. The highest BCUT2D eigenvalue weighted by atomic mass is 16.5. The Hall–Kier alpha value is -3.95. The minimum atomic E-state index is 0.422. The van der Waals surface area contributed by atoms with Crippen LogP contribution in [0.1, 0.15) is 0 Å². The summed E-state index contributed by atoms with van der Waals surface area (Å²) in [6.07, 6.45) is 1.79. The van der Waals surface area contributed by atoms with Gasteiger partial charge in [-0.3, -0.25) is 0 Å². The first-order valence-corrected chi connectivity index (χ1v) is 12.1. The molecule has 2 aromatic carbocycles. The summed E-state index contributed by atoms with van der Waals surface area (Å²) < 4.78 is 11.3. The van der Waals surface area contributed by atoms with Gasteiger partial charge < -0.3 is 30.3 Å². The summed E-state index contributed by atoms with van der Waals surface area (Å²) in [7, 11) is 4.06. The van der Waals surface area contributed by atoms with E-state index >= 15 is 0 Å². The van der Waals surface area contributed by atoms with Crippen molar-refractivity contribution >= 4 is 34.2 Å². The molecule has 9 heteroatoms. The van der Waals surface area contributed by atoms with Crippen molar-refractivity contribution in [3.63, 3.8) is 0 Å². The number of anilines is 4. The summed E-state index contributed by atoms with van der Waals surface area (Å²) in [6.45, 7) is 4.64. The molecule has 1 aliphatic rings. The van der Waals surface area contributed by atoms with Crippen LogP contribution in [0.25, 0.3) is 22.0 Å². The average molecular weight is 486 g/mol. The smallest absolute Gasteiger partial charge is 0.229 e. The average Bonchev–Trinajstić information content (AvgIpc) is 2.90. The molecule has 0 saturated carbocycles. The molecule has 0 bridgehead atoms. The van der Waals surface area contributed by atoms with Crippen LogP contribution in [0.2, 0.25) is 0 Å². The molecule has 9 nitrogen and oxygen atoms in total. The fourth-order valence-corrected chi connectivity index (χ4v) is 4.11. The van der Waals surface area contributed by atoms with Gasteiger partial charge in [0.1, 0.15) is 24.0 Å². The van der Waals surface area contributed by atoms with Gasteiger partial charge in [-0.05, 0) is 50.0 Å². The number of morpholine rings is 1. The molecule has 0 radical (unpaired) electrons. The van der Waals surface area contributed by atoms with Crippen LogP contribution in [0.15, 0.2) is 60.8 Å². The van der Waals surface area contributed by atoms with E-state index < -0.39 is 0 Å². The van der Waals surface area contributed by atoms with E-state index in [1.54, 1.807) is 6.20 Å². The maximum absolute atomic E-state index is 6.33. The molecule has 0 aliphatic carbocycles. The summed E-state index contributed by atoms with van der Waals surface area (Å²) in [5.74, 6) is 2.62. The lowest BCUT2D eigenvalue weighted by molar-refractivity contribution is 0.122. The Morgan fingerprint density at radius 3 is 2.56 bits per heavy atom. The predicted molar refractivity (Wildman–Crippen MR) is 144 cm³/mol. The number of likely N-dealkylation sites (N-methyl/N-ethyl adjacent to an activating group) is 1. The number of ether oxygens (including phenoxy) is 2. The highest BCUT2D eigenvalue weighted by Crippen LogP contribution is 2.32. The third kappa shape index (κ3) is 5.48. The van der Waals surface area contributed by atoms with E-state index in [-0.39, 0.29) is 0 Å². The lowest BCUT2D eigenvalue weighted by Gasteiger charge is -2.27. The zero-order valence-corrected chi connectivity index (χ0v) is 20.6. The van der Waals surface area contributed by atoms with Crippen LogP contribution >= 0.6 is 0 Å². The normalized spacial score (nSPS) is 13.8. The molecule has 4 aromatic rings. The molecule has 0 unspecified atom stereocenters. The van der Waals surface area contributed by atoms with Crippen molar-refractivity contribution in [2.24, 2.45) is 0 Å². The second-order valence-corrected chi connectivity index (χ2v) is 8.94. The Labute approximate surface area is 210 Å². The number of pyridine rings is 1. The van der Waals surface area contributed by atoms with E-state index in [0.717, 1.165) is 72.1 Å². The molecular formula is C27H31N7O2. The van der Waals surface area contributed by atoms with E-state index in [1.807, 2.05) is 68.7 Å². The second-order valence-electron chi connectivity index (χ2n) is 8.94. The molecule has 3 heterocycles. The highest BCUT2D eigenvalue weighted by Gasteiger charge is 2.14. The summed E-state index contributed by atoms with van der Waals surface area (Å²) in [6, 6.07) is 18.0. The molecule has 2 aromatic heterocycles. The molecular weight excluding hydrogens is 454 g/mol. The number of nitrogens with two attached hydrogens (primary N) is 1. The first-order chi connectivity index (χ1) is 17.6. The molecule has 1 fully saturated rings. The summed E-state index contributed by atoms with van der Waals surface area (Å²) in [4.78, 5) is 18.2. The topological polar surface area (TPSA) is 102 Å². The van der Waals surface area contributed by atoms with E-state index in [9.17, 15) is 0 Å². The molecule has 0 amide bonds. The number of rotatable bonds is 8. The van der Waals surface area contributed by atoms with Crippen LogP contribution in [0, 0.1) is 0 Å². The fraction of sp³-hybridized carbons (Fsp3) is 0.296. The van der Waals surface area contributed by atoms with Crippen molar-refractivity contribution in [2.45, 2.75) is 0 Å². The maximum Gasteiger partial charge on any atom is 0.229 e. The number of benzene rings is 2. The van der Waals surface area contributed by atoms with Crippen molar-refractivity contribution in [1.82, 2.24) is 19.9 Å². The zero-order valence-electron chi connectivity index (χ0n) is 20.6. The Bertz CT molecular complexity index is 1300. The molecule has 5 rings (SSSR count). The Kier molecular flexibility index (Phi) is 7.11. The fourth-order valence-electron chi connectivity index (χ4n) is 4.11. The van der Waals surface area contributed by atoms with Gasteiger partial charge in [0, 0.05) is 30.6 Å². The molecule has 1 aliphatic heterocycles. The quantitative estimate of drug-likeness (QED) is 0.386. The van der Waals surface area contributed by atoms with Crippen molar-refractivity contribution in [3.05, 3.63) is 60.8 Å². The Balaban J connectivity index is 1.37. The highest BCUT2D eigenvalue weighted by molar-refractivity contribution is 5.99. The van der Waals surface area contributed by atoms with Gasteiger partial charge in [-0.25, -0.2) is 9.97 Å². The van der Waals surface area contributed by atoms with Gasteiger partial charge >= 0.3 is 0 Å². The van der Waals surface area contributed by atoms with Gasteiger partial charge in [0.2, 0.25) is 5.95 Å². The number of nitrogens with zero attached hydrogens (tertiary/aromatic N) is 5. The van der Waals surface area contributed by atoms with Crippen LogP contribution in [-0.4, -0.2) is 73.4 Å². The van der Waals surface area contributed by atoms with Crippen LogP contribution in [0.5, 0.6) is 5.75 Å². The number of nitrogen functional groups attached to an aromatic ring is 1. The monoisotopic (exact) mass is 485 g/mol. The Morgan fingerprint density at radius 2 is 1.83 bits per heavy atom. The second kappa shape index (κ2) is 10.8. The van der Waals surface area contributed by atoms with Crippen molar-refractivity contribution in [3.8, 4) is 16.9 Å². The largest absolute Gasteiger partial charge is 0.492 e. The van der Waals surface area contributed by atoms with Gasteiger partial charge in [0.25, 0.3) is 0 Å². The number of hydrogen-bond acceptors (Lipinski definition) is 9. The van der Waals surface area contributed by atoms with Gasteiger partial charge in [0.05, 0.1) is 30.6 Å². The van der Waals surface area contributed by atoms with Crippen molar-refractivity contribution < 1.29 is 9.47 Å². The number of hydrogen-bond donors (Lipinski definition) is 2. The lowest BCUT2D eigenvalue weighted by Crippen LogP contribution is -2.36. The first kappa shape index (κ1) is 23.8. The molecule has 3 N–H and O–H groups in total. The van der Waals surface area contributed by atoms with Crippen molar-refractivity contribution in [2.75, 3.05) is 69.5 Å². The first-order valence-electron chi connectivity index (χ1n) is 12.1. The van der Waals surface area contributed by atoms with Gasteiger partial charge in [-0.1, -0.05) is 24.3 Å². The van der Waals surface area contributed by atoms with E-state index in [1.165, 1.54) is 0 Å².